The average Bonchev–Trinajstić information content (AvgIpc) is 2.89. The molecule has 2 unspecified atom stereocenters. The molecule has 0 aliphatic heterocycles. The van der Waals surface area contributed by atoms with Crippen LogP contribution in [0.3, 0.4) is 0 Å². The summed E-state index contributed by atoms with van der Waals surface area (Å²) in [6, 6.07) is 9.65. The molecule has 0 saturated heterocycles. The van der Waals surface area contributed by atoms with Crippen molar-refractivity contribution in [2.45, 2.75) is 58.2 Å². The summed E-state index contributed by atoms with van der Waals surface area (Å²) < 4.78 is 10.3. The summed E-state index contributed by atoms with van der Waals surface area (Å²) in [5.41, 5.74) is -0.0838. The van der Waals surface area contributed by atoms with E-state index in [0.717, 1.165) is 0 Å². The van der Waals surface area contributed by atoms with Crippen LogP contribution in [0.4, 0.5) is 4.79 Å². The van der Waals surface area contributed by atoms with Gasteiger partial charge in [-0.15, -0.1) is 6.58 Å². The highest BCUT2D eigenvalue weighted by atomic mass is 16.6. The number of esters is 1. The van der Waals surface area contributed by atoms with E-state index in [2.05, 4.69) is 17.2 Å². The lowest BCUT2D eigenvalue weighted by Crippen LogP contribution is -2.54. The maximum atomic E-state index is 14.1. The van der Waals surface area contributed by atoms with Crippen LogP contribution in [0.1, 0.15) is 51.3 Å². The van der Waals surface area contributed by atoms with E-state index in [1.165, 1.54) is 35.2 Å². The van der Waals surface area contributed by atoms with Gasteiger partial charge in [0, 0.05) is 25.1 Å². The third kappa shape index (κ3) is 10.5. The molecule has 2 rings (SSSR count). The molecule has 0 aliphatic rings. The summed E-state index contributed by atoms with van der Waals surface area (Å²) in [4.78, 5) is 53.4. The summed E-state index contributed by atoms with van der Waals surface area (Å²) in [5.74, 6) is -2.01. The molecule has 2 atom stereocenters. The molecule has 0 fully saturated rings. The van der Waals surface area contributed by atoms with Crippen molar-refractivity contribution in [3.63, 3.8) is 0 Å². The largest absolute Gasteiger partial charge is 0.508 e. The van der Waals surface area contributed by atoms with Gasteiger partial charge in [0.25, 0.3) is 0 Å². The van der Waals surface area contributed by atoms with Gasteiger partial charge in [-0.05, 0) is 51.5 Å². The highest BCUT2D eigenvalue weighted by Gasteiger charge is 2.37. The maximum Gasteiger partial charge on any atom is 0.408 e. The van der Waals surface area contributed by atoms with Crippen LogP contribution in [0.25, 0.3) is 0 Å². The van der Waals surface area contributed by atoms with Crippen LogP contribution in [0.2, 0.25) is 0 Å². The molecule has 0 aromatic heterocycles. The van der Waals surface area contributed by atoms with Crippen molar-refractivity contribution in [2.75, 3.05) is 19.7 Å². The number of carbonyl (C=O) groups excluding carboxylic acids is 4. The number of benzene rings is 2. The highest BCUT2D eigenvalue weighted by Crippen LogP contribution is 2.30. The number of nitrogens with zero attached hydrogens (tertiary/aromatic N) is 1. The van der Waals surface area contributed by atoms with Gasteiger partial charge in [-0.1, -0.05) is 36.4 Å². The third-order valence-electron chi connectivity index (χ3n) is 5.70. The van der Waals surface area contributed by atoms with Gasteiger partial charge in [0.05, 0.1) is 13.0 Å². The standard InChI is InChI=1S/C30H39N3O8/c1-6-18-33(26(22-10-8-9-11-24(22)35)27(37)31-17-16-25(36)40-7-2)28(38)23(32-29(39)41-30(3,4)5)19-20-12-14-21(34)15-13-20/h6,8-15,23,26,34-35H,1,7,16-19H2,2-5H3,(H,31,37)(H,32,39). The summed E-state index contributed by atoms with van der Waals surface area (Å²) in [6.07, 6.45) is 0.490. The van der Waals surface area contributed by atoms with Crippen molar-refractivity contribution in [1.82, 2.24) is 15.5 Å². The van der Waals surface area contributed by atoms with Gasteiger partial charge in [-0.25, -0.2) is 4.79 Å². The molecule has 3 amide bonds. The number of para-hydroxylation sites is 1. The number of ether oxygens (including phenoxy) is 2. The molecule has 0 saturated carbocycles. The van der Waals surface area contributed by atoms with Gasteiger partial charge < -0.3 is 35.2 Å². The zero-order valence-electron chi connectivity index (χ0n) is 23.9. The first-order valence-corrected chi connectivity index (χ1v) is 13.3. The second-order valence-corrected chi connectivity index (χ2v) is 10.2. The Bertz CT molecular complexity index is 1210. The zero-order valence-corrected chi connectivity index (χ0v) is 23.9. The first-order valence-electron chi connectivity index (χ1n) is 13.3. The predicted octanol–water partition coefficient (Wildman–Crippen LogP) is 3.36. The van der Waals surface area contributed by atoms with Gasteiger partial charge in [-0.2, -0.15) is 0 Å². The lowest BCUT2D eigenvalue weighted by atomic mass is 9.99. The van der Waals surface area contributed by atoms with E-state index < -0.39 is 41.6 Å². The molecule has 2 aromatic carbocycles. The average molecular weight is 570 g/mol. The fraction of sp³-hybridized carbons (Fsp3) is 0.400. The number of amides is 3. The maximum absolute atomic E-state index is 14.1. The van der Waals surface area contributed by atoms with E-state index >= 15 is 0 Å². The predicted molar refractivity (Wildman–Crippen MR) is 152 cm³/mol. The van der Waals surface area contributed by atoms with E-state index in [9.17, 15) is 29.4 Å². The van der Waals surface area contributed by atoms with E-state index in [0.29, 0.717) is 5.56 Å². The number of hydrogen-bond acceptors (Lipinski definition) is 8. The van der Waals surface area contributed by atoms with Crippen molar-refractivity contribution in [1.29, 1.82) is 0 Å². The molecule has 0 spiro atoms. The van der Waals surface area contributed by atoms with Crippen molar-refractivity contribution in [3.8, 4) is 11.5 Å². The fourth-order valence-electron chi connectivity index (χ4n) is 3.97. The van der Waals surface area contributed by atoms with Gasteiger partial charge in [-0.3, -0.25) is 14.4 Å². The van der Waals surface area contributed by atoms with Crippen LogP contribution in [0.5, 0.6) is 11.5 Å². The summed E-state index contributed by atoms with van der Waals surface area (Å²) in [7, 11) is 0. The Hall–Kier alpha value is -4.54. The van der Waals surface area contributed by atoms with Crippen LogP contribution >= 0.6 is 0 Å². The van der Waals surface area contributed by atoms with Crippen molar-refractivity contribution < 1.29 is 38.9 Å². The molecular weight excluding hydrogens is 530 g/mol. The van der Waals surface area contributed by atoms with Crippen LogP contribution < -0.4 is 10.6 Å². The van der Waals surface area contributed by atoms with Crippen LogP contribution in [-0.4, -0.2) is 70.3 Å². The van der Waals surface area contributed by atoms with E-state index in [1.54, 1.807) is 52.0 Å². The molecule has 222 valence electrons. The lowest BCUT2D eigenvalue weighted by Gasteiger charge is -2.34. The molecule has 41 heavy (non-hydrogen) atoms. The first-order chi connectivity index (χ1) is 19.4. The second-order valence-electron chi connectivity index (χ2n) is 10.2. The Morgan fingerprint density at radius 2 is 1.71 bits per heavy atom. The van der Waals surface area contributed by atoms with E-state index in [1.807, 2.05) is 0 Å². The third-order valence-corrected chi connectivity index (χ3v) is 5.70. The molecule has 11 nitrogen and oxygen atoms in total. The number of phenols is 2. The topological polar surface area (TPSA) is 154 Å². The lowest BCUT2D eigenvalue weighted by molar-refractivity contribution is -0.144. The minimum absolute atomic E-state index is 0.00394. The van der Waals surface area contributed by atoms with Gasteiger partial charge in [0.15, 0.2) is 0 Å². The number of carbonyl (C=O) groups is 4. The minimum Gasteiger partial charge on any atom is -0.508 e. The summed E-state index contributed by atoms with van der Waals surface area (Å²) in [6.45, 7) is 10.5. The smallest absolute Gasteiger partial charge is 0.408 e. The number of phenolic OH excluding ortho intramolecular Hbond substituents is 2. The van der Waals surface area contributed by atoms with E-state index in [-0.39, 0.29) is 49.6 Å². The molecular formula is C30H39N3O8. The number of aromatic hydroxyl groups is 2. The Morgan fingerprint density at radius 3 is 2.29 bits per heavy atom. The van der Waals surface area contributed by atoms with E-state index in [4.69, 9.17) is 9.47 Å². The molecule has 0 bridgehead atoms. The van der Waals surface area contributed by atoms with Crippen molar-refractivity contribution >= 4 is 23.9 Å². The van der Waals surface area contributed by atoms with Crippen LogP contribution in [0.15, 0.2) is 61.2 Å². The van der Waals surface area contributed by atoms with Gasteiger partial charge >= 0.3 is 12.1 Å². The molecule has 0 heterocycles. The first kappa shape index (κ1) is 32.7. The van der Waals surface area contributed by atoms with Crippen LogP contribution in [-0.2, 0) is 30.3 Å². The number of nitrogens with one attached hydrogen (secondary N) is 2. The van der Waals surface area contributed by atoms with Gasteiger partial charge in [0.1, 0.15) is 29.2 Å². The second kappa shape index (κ2) is 15.3. The molecule has 4 N–H and O–H groups in total. The summed E-state index contributed by atoms with van der Waals surface area (Å²) in [5, 5.41) is 25.6. The highest BCUT2D eigenvalue weighted by molar-refractivity contribution is 5.93. The normalized spacial score (nSPS) is 12.4. The summed E-state index contributed by atoms with van der Waals surface area (Å²) >= 11 is 0. The van der Waals surface area contributed by atoms with Crippen LogP contribution in [0, 0.1) is 0 Å². The Morgan fingerprint density at radius 1 is 1.05 bits per heavy atom. The van der Waals surface area contributed by atoms with Crippen molar-refractivity contribution in [3.05, 3.63) is 72.3 Å². The quantitative estimate of drug-likeness (QED) is 0.212. The van der Waals surface area contributed by atoms with Crippen molar-refractivity contribution in [2.24, 2.45) is 0 Å². The minimum atomic E-state index is -1.34. The Labute approximate surface area is 240 Å². The number of hydrogen-bond donors (Lipinski definition) is 4. The number of alkyl carbamates (subject to hydrolysis) is 1. The molecule has 2 aromatic rings. The zero-order chi connectivity index (χ0) is 30.6. The fourth-order valence-corrected chi connectivity index (χ4v) is 3.97. The molecule has 0 radical (unpaired) electrons. The van der Waals surface area contributed by atoms with Gasteiger partial charge in [0.2, 0.25) is 11.8 Å². The number of rotatable bonds is 13. The monoisotopic (exact) mass is 569 g/mol. The Balaban J connectivity index is 2.48. The Kier molecular flexibility index (Phi) is 12.2. The SMILES string of the molecule is C=CCN(C(=O)C(Cc1ccc(O)cc1)NC(=O)OC(C)(C)C)C(C(=O)NCCC(=O)OCC)c1ccccc1O. The molecule has 0 aliphatic carbocycles. The molecule has 11 heteroatoms.